The molecule has 26 heavy (non-hydrogen) atoms. The molecule has 0 bridgehead atoms. The first-order chi connectivity index (χ1) is 12.5. The standard InChI is InChI=1S/C21H22N4O/c1-14-8-7-9-15(2)20(14)25-19-12-18(23-16(3)24-19)21(26)22-13-17-10-5-4-6-11-17/h4-12H,13H2,1-3H3,(H,22,26)(H,23,24,25). The second-order valence-electron chi connectivity index (χ2n) is 6.25. The number of aromatic nitrogens is 2. The fourth-order valence-corrected chi connectivity index (χ4v) is 2.76. The van der Waals surface area contributed by atoms with Crippen LogP contribution in [0.3, 0.4) is 0 Å². The molecule has 1 amide bonds. The lowest BCUT2D eigenvalue weighted by Gasteiger charge is -2.13. The molecule has 0 atom stereocenters. The first-order valence-corrected chi connectivity index (χ1v) is 8.54. The summed E-state index contributed by atoms with van der Waals surface area (Å²) in [4.78, 5) is 21.2. The Labute approximate surface area is 153 Å². The molecule has 0 aliphatic rings. The summed E-state index contributed by atoms with van der Waals surface area (Å²) in [6.45, 7) is 6.32. The van der Waals surface area contributed by atoms with Gasteiger partial charge in [0, 0.05) is 18.3 Å². The lowest BCUT2D eigenvalue weighted by Crippen LogP contribution is -2.24. The number of carbonyl (C=O) groups excluding carboxylic acids is 1. The van der Waals surface area contributed by atoms with Gasteiger partial charge in [0.1, 0.15) is 17.3 Å². The quantitative estimate of drug-likeness (QED) is 0.731. The Morgan fingerprint density at radius 3 is 2.31 bits per heavy atom. The maximum Gasteiger partial charge on any atom is 0.270 e. The fourth-order valence-electron chi connectivity index (χ4n) is 2.76. The lowest BCUT2D eigenvalue weighted by atomic mass is 10.1. The molecule has 5 nitrogen and oxygen atoms in total. The average Bonchev–Trinajstić information content (AvgIpc) is 2.63. The zero-order valence-corrected chi connectivity index (χ0v) is 15.2. The van der Waals surface area contributed by atoms with Crippen LogP contribution in [0, 0.1) is 20.8 Å². The molecule has 0 fully saturated rings. The van der Waals surface area contributed by atoms with Crippen molar-refractivity contribution in [3.63, 3.8) is 0 Å². The van der Waals surface area contributed by atoms with E-state index in [0.29, 0.717) is 23.9 Å². The first kappa shape index (κ1) is 17.6. The van der Waals surface area contributed by atoms with Gasteiger partial charge < -0.3 is 10.6 Å². The van der Waals surface area contributed by atoms with Crippen molar-refractivity contribution in [2.24, 2.45) is 0 Å². The van der Waals surface area contributed by atoms with E-state index in [1.54, 1.807) is 13.0 Å². The SMILES string of the molecule is Cc1nc(Nc2c(C)cccc2C)cc(C(=O)NCc2ccccc2)n1. The number of aryl methyl sites for hydroxylation is 3. The predicted octanol–water partition coefficient (Wildman–Crippen LogP) is 4.08. The van der Waals surface area contributed by atoms with Crippen LogP contribution in [-0.4, -0.2) is 15.9 Å². The number of nitrogens with zero attached hydrogens (tertiary/aromatic N) is 2. The largest absolute Gasteiger partial charge is 0.347 e. The van der Waals surface area contributed by atoms with Crippen molar-refractivity contribution in [3.8, 4) is 0 Å². The summed E-state index contributed by atoms with van der Waals surface area (Å²) in [5, 5.41) is 6.22. The molecule has 132 valence electrons. The molecule has 0 aliphatic carbocycles. The Bertz CT molecular complexity index is 902. The zero-order valence-electron chi connectivity index (χ0n) is 15.2. The highest BCUT2D eigenvalue weighted by Gasteiger charge is 2.12. The normalized spacial score (nSPS) is 10.4. The second kappa shape index (κ2) is 7.78. The highest BCUT2D eigenvalue weighted by atomic mass is 16.1. The predicted molar refractivity (Wildman–Crippen MR) is 104 cm³/mol. The summed E-state index contributed by atoms with van der Waals surface area (Å²) in [6.07, 6.45) is 0. The monoisotopic (exact) mass is 346 g/mol. The number of rotatable bonds is 5. The van der Waals surface area contributed by atoms with Crippen molar-refractivity contribution >= 4 is 17.4 Å². The average molecular weight is 346 g/mol. The molecule has 1 aromatic heterocycles. The number of hydrogen-bond acceptors (Lipinski definition) is 4. The van der Waals surface area contributed by atoms with E-state index in [9.17, 15) is 4.79 Å². The molecule has 3 rings (SSSR count). The number of benzene rings is 2. The Morgan fingerprint density at radius 2 is 1.62 bits per heavy atom. The molecule has 0 saturated heterocycles. The molecule has 2 aromatic carbocycles. The molecule has 3 aromatic rings. The van der Waals surface area contributed by atoms with Gasteiger partial charge in [0.15, 0.2) is 0 Å². The Balaban J connectivity index is 1.78. The lowest BCUT2D eigenvalue weighted by molar-refractivity contribution is 0.0945. The van der Waals surface area contributed by atoms with Crippen molar-refractivity contribution in [3.05, 3.63) is 82.8 Å². The van der Waals surface area contributed by atoms with Gasteiger partial charge in [0.25, 0.3) is 5.91 Å². The van der Waals surface area contributed by atoms with Gasteiger partial charge in [-0.25, -0.2) is 9.97 Å². The molecule has 5 heteroatoms. The van der Waals surface area contributed by atoms with Crippen LogP contribution in [0.15, 0.2) is 54.6 Å². The van der Waals surface area contributed by atoms with Crippen LogP contribution < -0.4 is 10.6 Å². The number of anilines is 2. The van der Waals surface area contributed by atoms with Crippen LogP contribution >= 0.6 is 0 Å². The van der Waals surface area contributed by atoms with Crippen LogP contribution in [0.2, 0.25) is 0 Å². The minimum absolute atomic E-state index is 0.219. The van der Waals surface area contributed by atoms with Crippen LogP contribution in [0.5, 0.6) is 0 Å². The molecule has 0 radical (unpaired) electrons. The van der Waals surface area contributed by atoms with Gasteiger partial charge in [-0.2, -0.15) is 0 Å². The number of hydrogen-bond donors (Lipinski definition) is 2. The van der Waals surface area contributed by atoms with Crippen LogP contribution in [0.1, 0.15) is 33.0 Å². The van der Waals surface area contributed by atoms with Crippen molar-refractivity contribution in [1.82, 2.24) is 15.3 Å². The van der Waals surface area contributed by atoms with Gasteiger partial charge in [-0.3, -0.25) is 4.79 Å². The first-order valence-electron chi connectivity index (χ1n) is 8.54. The van der Waals surface area contributed by atoms with Gasteiger partial charge in [0.05, 0.1) is 0 Å². The van der Waals surface area contributed by atoms with Crippen molar-refractivity contribution in [2.45, 2.75) is 27.3 Å². The number of carbonyl (C=O) groups is 1. The molecule has 0 unspecified atom stereocenters. The highest BCUT2D eigenvalue weighted by molar-refractivity contribution is 5.93. The summed E-state index contributed by atoms with van der Waals surface area (Å²) in [5.74, 6) is 0.940. The van der Waals surface area contributed by atoms with E-state index in [0.717, 1.165) is 22.4 Å². The third-order valence-electron chi connectivity index (χ3n) is 4.10. The van der Waals surface area contributed by atoms with E-state index >= 15 is 0 Å². The minimum Gasteiger partial charge on any atom is -0.347 e. The van der Waals surface area contributed by atoms with Crippen molar-refractivity contribution in [1.29, 1.82) is 0 Å². The maximum absolute atomic E-state index is 12.5. The van der Waals surface area contributed by atoms with E-state index in [1.807, 2.05) is 62.4 Å². The Morgan fingerprint density at radius 1 is 0.923 bits per heavy atom. The van der Waals surface area contributed by atoms with E-state index in [2.05, 4.69) is 20.6 Å². The number of amides is 1. The van der Waals surface area contributed by atoms with Crippen molar-refractivity contribution < 1.29 is 4.79 Å². The summed E-state index contributed by atoms with van der Waals surface area (Å²) >= 11 is 0. The van der Waals surface area contributed by atoms with E-state index in [4.69, 9.17) is 0 Å². The fraction of sp³-hybridized carbons (Fsp3) is 0.190. The summed E-state index contributed by atoms with van der Waals surface area (Å²) in [7, 11) is 0. The zero-order chi connectivity index (χ0) is 18.5. The topological polar surface area (TPSA) is 66.9 Å². The van der Waals surface area contributed by atoms with E-state index in [-0.39, 0.29) is 5.91 Å². The summed E-state index contributed by atoms with van der Waals surface area (Å²) in [5.41, 5.74) is 4.64. The van der Waals surface area contributed by atoms with Crippen LogP contribution in [0.25, 0.3) is 0 Å². The van der Waals surface area contributed by atoms with Gasteiger partial charge >= 0.3 is 0 Å². The van der Waals surface area contributed by atoms with Gasteiger partial charge in [0.2, 0.25) is 0 Å². The van der Waals surface area contributed by atoms with E-state index < -0.39 is 0 Å². The Kier molecular flexibility index (Phi) is 5.27. The summed E-state index contributed by atoms with van der Waals surface area (Å²) in [6, 6.07) is 17.6. The molecule has 0 aliphatic heterocycles. The van der Waals surface area contributed by atoms with Gasteiger partial charge in [-0.1, -0.05) is 48.5 Å². The summed E-state index contributed by atoms with van der Waals surface area (Å²) < 4.78 is 0. The van der Waals surface area contributed by atoms with Gasteiger partial charge in [-0.05, 0) is 37.5 Å². The molecule has 0 saturated carbocycles. The second-order valence-corrected chi connectivity index (χ2v) is 6.25. The number of nitrogens with one attached hydrogen (secondary N) is 2. The molecular weight excluding hydrogens is 324 g/mol. The maximum atomic E-state index is 12.5. The number of para-hydroxylation sites is 1. The molecule has 2 N–H and O–H groups in total. The molecular formula is C21H22N4O. The minimum atomic E-state index is -0.219. The third kappa shape index (κ3) is 4.25. The van der Waals surface area contributed by atoms with Crippen LogP contribution in [0.4, 0.5) is 11.5 Å². The Hall–Kier alpha value is -3.21. The van der Waals surface area contributed by atoms with E-state index in [1.165, 1.54) is 0 Å². The van der Waals surface area contributed by atoms with Crippen LogP contribution in [-0.2, 0) is 6.54 Å². The van der Waals surface area contributed by atoms with Gasteiger partial charge in [-0.15, -0.1) is 0 Å². The smallest absolute Gasteiger partial charge is 0.270 e. The van der Waals surface area contributed by atoms with Crippen molar-refractivity contribution in [2.75, 3.05) is 5.32 Å². The molecule has 1 heterocycles. The third-order valence-corrected chi connectivity index (χ3v) is 4.10. The molecule has 0 spiro atoms. The highest BCUT2D eigenvalue weighted by Crippen LogP contribution is 2.23.